The molecule has 0 atom stereocenters. The van der Waals surface area contributed by atoms with Crippen LogP contribution in [0.3, 0.4) is 0 Å². The van der Waals surface area contributed by atoms with Crippen molar-refractivity contribution in [1.29, 1.82) is 0 Å². The molecule has 0 aliphatic carbocycles. The Labute approximate surface area is 206 Å². The average molecular weight is 527 g/mol. The molecule has 4 aromatic rings. The molecule has 4 rings (SSSR count). The topological polar surface area (TPSA) is 54.9 Å². The van der Waals surface area contributed by atoms with Gasteiger partial charge < -0.3 is 5.32 Å². The van der Waals surface area contributed by atoms with Crippen LogP contribution in [0.15, 0.2) is 58.4 Å². The Kier molecular flexibility index (Phi) is 7.53. The van der Waals surface area contributed by atoms with Crippen LogP contribution in [-0.2, 0) is 11.2 Å². The predicted molar refractivity (Wildman–Crippen MR) is 133 cm³/mol. The van der Waals surface area contributed by atoms with Crippen molar-refractivity contribution in [3.63, 3.8) is 0 Å². The van der Waals surface area contributed by atoms with Gasteiger partial charge in [0, 0.05) is 33.5 Å². The fraction of sp³-hybridized carbons (Fsp3) is 0.0952. The van der Waals surface area contributed by atoms with Crippen LogP contribution in [0.4, 0.5) is 5.13 Å². The lowest BCUT2D eigenvalue weighted by Gasteiger charge is -2.01. The molecule has 0 aliphatic rings. The number of anilines is 1. The largest absolute Gasteiger partial charge is 0.301 e. The molecular weight excluding hydrogens is 513 g/mol. The highest BCUT2D eigenvalue weighted by molar-refractivity contribution is 8.01. The molecule has 0 saturated heterocycles. The summed E-state index contributed by atoms with van der Waals surface area (Å²) in [7, 11) is 0. The van der Waals surface area contributed by atoms with Gasteiger partial charge in [0.05, 0.1) is 21.5 Å². The van der Waals surface area contributed by atoms with Crippen molar-refractivity contribution in [2.75, 3.05) is 11.1 Å². The number of aromatic nitrogens is 2. The Morgan fingerprint density at radius 1 is 1.06 bits per heavy atom. The molecule has 1 N–H and O–H groups in total. The lowest BCUT2D eigenvalue weighted by Crippen LogP contribution is -2.13. The average Bonchev–Trinajstić information content (AvgIpc) is 3.39. The van der Waals surface area contributed by atoms with E-state index < -0.39 is 0 Å². The number of nitrogens with zero attached hydrogens (tertiary/aromatic N) is 2. The van der Waals surface area contributed by atoms with Gasteiger partial charge in [-0.1, -0.05) is 64.8 Å². The summed E-state index contributed by atoms with van der Waals surface area (Å²) in [6.45, 7) is 0. The van der Waals surface area contributed by atoms with Crippen molar-refractivity contribution in [2.45, 2.75) is 10.8 Å². The first-order valence-corrected chi connectivity index (χ1v) is 12.8. The third-order valence-electron chi connectivity index (χ3n) is 4.11. The summed E-state index contributed by atoms with van der Waals surface area (Å²) in [5, 5.41) is 7.13. The molecule has 1 amide bonds. The molecule has 2 aromatic heterocycles. The van der Waals surface area contributed by atoms with Crippen LogP contribution in [0.2, 0.25) is 15.1 Å². The highest BCUT2D eigenvalue weighted by Gasteiger charge is 2.11. The monoisotopic (exact) mass is 525 g/mol. The lowest BCUT2D eigenvalue weighted by atomic mass is 10.1. The molecule has 2 heterocycles. The normalized spacial score (nSPS) is 10.9. The smallest absolute Gasteiger partial charge is 0.236 e. The van der Waals surface area contributed by atoms with Crippen molar-refractivity contribution in [3.8, 4) is 11.3 Å². The second kappa shape index (κ2) is 10.3. The second-order valence-corrected chi connectivity index (χ2v) is 10.8. The van der Waals surface area contributed by atoms with Crippen LogP contribution < -0.4 is 5.32 Å². The fourth-order valence-corrected chi connectivity index (χ4v) is 5.60. The van der Waals surface area contributed by atoms with Gasteiger partial charge in [0.25, 0.3) is 0 Å². The standard InChI is InChI=1S/C21H14Cl3N3OS3/c22-14-4-2-13(3-5-14)18-10-29-21(26-18)30-11-19(28)27-20-25-9-15(31-20)7-12-1-6-16(23)17(24)8-12/h1-6,8-10H,7,11H2,(H,25,27,28). The first kappa shape index (κ1) is 22.6. The Morgan fingerprint density at radius 2 is 1.87 bits per heavy atom. The molecule has 0 aliphatic heterocycles. The van der Waals surface area contributed by atoms with Gasteiger partial charge >= 0.3 is 0 Å². The molecule has 0 fully saturated rings. The van der Waals surface area contributed by atoms with Crippen LogP contribution in [0, 0.1) is 0 Å². The van der Waals surface area contributed by atoms with E-state index in [1.807, 2.05) is 41.8 Å². The van der Waals surface area contributed by atoms with Gasteiger partial charge in [0.2, 0.25) is 5.91 Å². The van der Waals surface area contributed by atoms with Crippen LogP contribution >= 0.6 is 69.2 Å². The summed E-state index contributed by atoms with van der Waals surface area (Å²) in [6, 6.07) is 13.1. The summed E-state index contributed by atoms with van der Waals surface area (Å²) in [5.41, 5.74) is 2.90. The molecule has 0 radical (unpaired) electrons. The van der Waals surface area contributed by atoms with Gasteiger partial charge in [-0.3, -0.25) is 4.79 Å². The van der Waals surface area contributed by atoms with Crippen LogP contribution in [0.1, 0.15) is 10.4 Å². The molecule has 4 nitrogen and oxygen atoms in total. The van der Waals surface area contributed by atoms with E-state index in [9.17, 15) is 4.79 Å². The molecular formula is C21H14Cl3N3OS3. The zero-order valence-corrected chi connectivity index (χ0v) is 20.5. The van der Waals surface area contributed by atoms with Gasteiger partial charge in [-0.25, -0.2) is 9.97 Å². The minimum absolute atomic E-state index is 0.122. The Hall–Kier alpha value is -1.61. The molecule has 0 spiro atoms. The number of amides is 1. The Bertz CT molecular complexity index is 1210. The maximum atomic E-state index is 12.3. The van der Waals surface area contributed by atoms with Crippen molar-refractivity contribution >= 4 is 80.3 Å². The molecule has 2 aromatic carbocycles. The Balaban J connectivity index is 1.29. The van der Waals surface area contributed by atoms with Crippen LogP contribution in [0.25, 0.3) is 11.3 Å². The molecule has 0 bridgehead atoms. The SMILES string of the molecule is O=C(CSc1nc(-c2ccc(Cl)cc2)cs1)Nc1ncc(Cc2ccc(Cl)c(Cl)c2)s1. The van der Waals surface area contributed by atoms with E-state index in [4.69, 9.17) is 34.8 Å². The minimum atomic E-state index is -0.122. The maximum absolute atomic E-state index is 12.3. The zero-order valence-electron chi connectivity index (χ0n) is 15.8. The van der Waals surface area contributed by atoms with Gasteiger partial charge in [-0.05, 0) is 29.8 Å². The summed E-state index contributed by atoms with van der Waals surface area (Å²) in [5.74, 6) is 0.138. The first-order chi connectivity index (χ1) is 15.0. The molecule has 0 saturated carbocycles. The second-order valence-electron chi connectivity index (χ2n) is 6.40. The highest BCUT2D eigenvalue weighted by Crippen LogP contribution is 2.30. The summed E-state index contributed by atoms with van der Waals surface area (Å²) < 4.78 is 0.833. The molecule has 0 unspecified atom stereocenters. The van der Waals surface area contributed by atoms with Crippen molar-refractivity contribution in [2.24, 2.45) is 0 Å². The molecule has 158 valence electrons. The number of thioether (sulfide) groups is 1. The van der Waals surface area contributed by atoms with Gasteiger partial charge in [-0.2, -0.15) is 0 Å². The highest BCUT2D eigenvalue weighted by atomic mass is 35.5. The van der Waals surface area contributed by atoms with Crippen molar-refractivity contribution in [3.05, 3.63) is 79.5 Å². The zero-order chi connectivity index (χ0) is 21.8. The number of hydrogen-bond donors (Lipinski definition) is 1. The minimum Gasteiger partial charge on any atom is -0.301 e. The molecule has 10 heteroatoms. The maximum Gasteiger partial charge on any atom is 0.236 e. The number of halogens is 3. The summed E-state index contributed by atoms with van der Waals surface area (Å²) in [4.78, 5) is 22.2. The number of benzene rings is 2. The number of carbonyl (C=O) groups is 1. The van der Waals surface area contributed by atoms with E-state index in [0.717, 1.165) is 26.0 Å². The van der Waals surface area contributed by atoms with Crippen LogP contribution in [-0.4, -0.2) is 21.6 Å². The van der Waals surface area contributed by atoms with Gasteiger partial charge in [0.1, 0.15) is 0 Å². The predicted octanol–water partition coefficient (Wildman–Crippen LogP) is 7.55. The third-order valence-corrected chi connectivity index (χ3v) is 8.04. The molecule has 31 heavy (non-hydrogen) atoms. The number of hydrogen-bond acceptors (Lipinski definition) is 6. The lowest BCUT2D eigenvalue weighted by molar-refractivity contribution is -0.113. The third kappa shape index (κ3) is 6.22. The fourth-order valence-electron chi connectivity index (χ4n) is 2.66. The van der Waals surface area contributed by atoms with E-state index in [1.54, 1.807) is 12.3 Å². The van der Waals surface area contributed by atoms with Crippen LogP contribution in [0.5, 0.6) is 0 Å². The summed E-state index contributed by atoms with van der Waals surface area (Å²) in [6.07, 6.45) is 2.43. The Morgan fingerprint density at radius 3 is 2.65 bits per heavy atom. The van der Waals surface area contributed by atoms with E-state index in [1.165, 1.54) is 34.4 Å². The van der Waals surface area contributed by atoms with Crippen molar-refractivity contribution < 1.29 is 4.79 Å². The number of rotatable bonds is 7. The number of thiazole rings is 2. The van der Waals surface area contributed by atoms with E-state index in [-0.39, 0.29) is 11.7 Å². The van der Waals surface area contributed by atoms with E-state index >= 15 is 0 Å². The quantitative estimate of drug-likeness (QED) is 0.253. The first-order valence-electron chi connectivity index (χ1n) is 8.99. The van der Waals surface area contributed by atoms with Crippen molar-refractivity contribution in [1.82, 2.24) is 9.97 Å². The number of nitrogens with one attached hydrogen (secondary N) is 1. The van der Waals surface area contributed by atoms with Gasteiger partial charge in [-0.15, -0.1) is 22.7 Å². The van der Waals surface area contributed by atoms with Gasteiger partial charge in [0.15, 0.2) is 9.47 Å². The summed E-state index contributed by atoms with van der Waals surface area (Å²) >= 11 is 22.3. The number of carbonyl (C=O) groups excluding carboxylic acids is 1. The van der Waals surface area contributed by atoms with E-state index in [2.05, 4.69) is 15.3 Å². The van der Waals surface area contributed by atoms with E-state index in [0.29, 0.717) is 26.6 Å².